The van der Waals surface area contributed by atoms with Crippen LogP contribution in [0.5, 0.6) is 0 Å². The van der Waals surface area contributed by atoms with Gasteiger partial charge in [-0.2, -0.15) is 5.10 Å². The number of imide groups is 1. The largest absolute Gasteiger partial charge is 0.376 e. The van der Waals surface area contributed by atoms with Crippen LogP contribution in [0, 0.1) is 5.41 Å². The number of carbonyl (C=O) groups is 2. The normalized spacial score (nSPS) is 20.2. The second-order valence-corrected chi connectivity index (χ2v) is 7.03. The monoisotopic (exact) mass is 359 g/mol. The number of amides is 3. The predicted octanol–water partition coefficient (Wildman–Crippen LogP) is 2.21. The minimum Gasteiger partial charge on any atom is -0.376 e. The number of nitrogens with zero attached hydrogens (tertiary/aromatic N) is 4. The quantitative estimate of drug-likeness (QED) is 0.623. The van der Waals surface area contributed by atoms with Crippen molar-refractivity contribution in [2.75, 3.05) is 24.6 Å². The highest BCUT2D eigenvalue weighted by Crippen LogP contribution is 2.23. The number of allylic oxidation sites excluding steroid dienone is 2. The van der Waals surface area contributed by atoms with Crippen molar-refractivity contribution in [3.63, 3.8) is 0 Å². The Morgan fingerprint density at radius 1 is 1.35 bits per heavy atom. The first-order valence-electron chi connectivity index (χ1n) is 8.84. The lowest BCUT2D eigenvalue weighted by atomic mass is 10.1. The molecule has 1 atom stereocenters. The Bertz CT molecular complexity index is 757. The van der Waals surface area contributed by atoms with E-state index in [4.69, 9.17) is 10.1 Å². The molecule has 2 fully saturated rings. The summed E-state index contributed by atoms with van der Waals surface area (Å²) in [6.07, 6.45) is 5.13. The summed E-state index contributed by atoms with van der Waals surface area (Å²) in [5.74, 6) is -0.252. The van der Waals surface area contributed by atoms with Gasteiger partial charge in [0.1, 0.15) is 6.54 Å². The molecule has 26 heavy (non-hydrogen) atoms. The van der Waals surface area contributed by atoms with E-state index in [-0.39, 0.29) is 24.6 Å². The molecule has 140 valence electrons. The average Bonchev–Trinajstić information content (AvgIpc) is 3.27. The molecule has 1 N–H and O–H groups in total. The van der Waals surface area contributed by atoms with Crippen molar-refractivity contribution < 1.29 is 14.3 Å². The average molecular weight is 359 g/mol. The van der Waals surface area contributed by atoms with Crippen molar-refractivity contribution in [3.05, 3.63) is 23.5 Å². The van der Waals surface area contributed by atoms with Gasteiger partial charge in [-0.15, -0.1) is 0 Å². The molecule has 2 aliphatic heterocycles. The van der Waals surface area contributed by atoms with Gasteiger partial charge in [0.2, 0.25) is 0 Å². The summed E-state index contributed by atoms with van der Waals surface area (Å²) in [4.78, 5) is 27.7. The summed E-state index contributed by atoms with van der Waals surface area (Å²) < 4.78 is 7.22. The number of carbonyl (C=O) groups excluding carboxylic acids is 2. The van der Waals surface area contributed by atoms with Crippen LogP contribution < -0.4 is 4.90 Å². The Morgan fingerprint density at radius 3 is 2.73 bits per heavy atom. The van der Waals surface area contributed by atoms with E-state index in [1.807, 2.05) is 13.8 Å². The number of ether oxygens (including phenoxy) is 1. The number of rotatable bonds is 6. The number of hydrogen-bond donors (Lipinski definition) is 1. The topological polar surface area (TPSA) is 91.5 Å². The fraction of sp³-hybridized carbons (Fsp3) is 0.556. The molecule has 0 bridgehead atoms. The van der Waals surface area contributed by atoms with Gasteiger partial charge in [-0.3, -0.25) is 9.48 Å². The second-order valence-electron chi connectivity index (χ2n) is 7.03. The maximum atomic E-state index is 12.6. The van der Waals surface area contributed by atoms with Gasteiger partial charge in [0, 0.05) is 25.1 Å². The highest BCUT2D eigenvalue weighted by molar-refractivity contribution is 6.19. The summed E-state index contributed by atoms with van der Waals surface area (Å²) in [5.41, 5.74) is 2.88. The van der Waals surface area contributed by atoms with Gasteiger partial charge < -0.3 is 15.0 Å². The van der Waals surface area contributed by atoms with Crippen LogP contribution in [0.3, 0.4) is 0 Å². The molecule has 0 radical (unpaired) electrons. The molecule has 0 aromatic carbocycles. The van der Waals surface area contributed by atoms with Gasteiger partial charge in [0.05, 0.1) is 24.5 Å². The van der Waals surface area contributed by atoms with Crippen LogP contribution in [0.1, 0.15) is 33.6 Å². The van der Waals surface area contributed by atoms with Crippen molar-refractivity contribution in [1.29, 1.82) is 5.41 Å². The maximum Gasteiger partial charge on any atom is 0.332 e. The molecule has 0 saturated carbocycles. The zero-order chi connectivity index (χ0) is 18.8. The summed E-state index contributed by atoms with van der Waals surface area (Å²) in [6, 6.07) is -0.323. The first-order chi connectivity index (χ1) is 12.4. The van der Waals surface area contributed by atoms with Crippen LogP contribution in [0.25, 0.3) is 0 Å². The molecule has 0 spiro atoms. The van der Waals surface area contributed by atoms with Crippen molar-refractivity contribution in [2.24, 2.45) is 0 Å². The smallest absolute Gasteiger partial charge is 0.332 e. The first-order valence-corrected chi connectivity index (χ1v) is 8.84. The zero-order valence-corrected chi connectivity index (χ0v) is 15.5. The van der Waals surface area contributed by atoms with Crippen LogP contribution in [0.4, 0.5) is 10.5 Å². The molecule has 1 unspecified atom stereocenters. The molecule has 1 aromatic heterocycles. The molecular weight excluding hydrogens is 334 g/mol. The summed E-state index contributed by atoms with van der Waals surface area (Å²) in [7, 11) is 0. The lowest BCUT2D eigenvalue weighted by Gasteiger charge is -2.19. The number of urea groups is 1. The molecule has 8 heteroatoms. The number of anilines is 1. The minimum atomic E-state index is -0.323. The van der Waals surface area contributed by atoms with Gasteiger partial charge in [-0.25, -0.2) is 9.69 Å². The molecule has 2 aliphatic rings. The molecule has 8 nitrogen and oxygen atoms in total. The van der Waals surface area contributed by atoms with E-state index in [0.717, 1.165) is 30.6 Å². The maximum absolute atomic E-state index is 12.6. The third kappa shape index (κ3) is 3.70. The number of nitrogens with one attached hydrogen (secondary N) is 1. The molecule has 0 aliphatic carbocycles. The van der Waals surface area contributed by atoms with Crippen molar-refractivity contribution in [2.45, 2.75) is 46.3 Å². The SMILES string of the molecule is CC(=N)C(Cn1cc(N2C(=O)CN(CC3CCCO3)C2=O)cn1)=C(C)C. The third-order valence-electron chi connectivity index (χ3n) is 4.74. The van der Waals surface area contributed by atoms with Crippen LogP contribution in [-0.4, -0.2) is 58.1 Å². The van der Waals surface area contributed by atoms with Gasteiger partial charge in [0.25, 0.3) is 5.91 Å². The minimum absolute atomic E-state index is 0.0187. The zero-order valence-electron chi connectivity index (χ0n) is 15.5. The Morgan fingerprint density at radius 2 is 2.12 bits per heavy atom. The Kier molecular flexibility index (Phi) is 5.22. The van der Waals surface area contributed by atoms with E-state index in [9.17, 15) is 9.59 Å². The molecule has 3 rings (SSSR count). The van der Waals surface area contributed by atoms with Gasteiger partial charge >= 0.3 is 6.03 Å². The molecule has 3 amide bonds. The molecule has 1 aromatic rings. The van der Waals surface area contributed by atoms with E-state index in [0.29, 0.717) is 24.5 Å². The van der Waals surface area contributed by atoms with Crippen LogP contribution >= 0.6 is 0 Å². The lowest BCUT2D eigenvalue weighted by molar-refractivity contribution is -0.116. The predicted molar refractivity (Wildman–Crippen MR) is 97.4 cm³/mol. The second kappa shape index (κ2) is 7.41. The van der Waals surface area contributed by atoms with Crippen molar-refractivity contribution >= 4 is 23.3 Å². The Hall–Kier alpha value is -2.48. The Labute approximate surface area is 152 Å². The van der Waals surface area contributed by atoms with E-state index < -0.39 is 0 Å². The van der Waals surface area contributed by atoms with E-state index in [1.54, 1.807) is 22.7 Å². The number of aromatic nitrogens is 2. The van der Waals surface area contributed by atoms with Crippen LogP contribution in [0.2, 0.25) is 0 Å². The molecular formula is C18H25N5O3. The lowest BCUT2D eigenvalue weighted by Crippen LogP contribution is -2.36. The highest BCUT2D eigenvalue weighted by atomic mass is 16.5. The van der Waals surface area contributed by atoms with Crippen molar-refractivity contribution in [1.82, 2.24) is 14.7 Å². The van der Waals surface area contributed by atoms with Gasteiger partial charge in [-0.1, -0.05) is 5.57 Å². The summed E-state index contributed by atoms with van der Waals surface area (Å²) in [6.45, 7) is 7.32. The summed E-state index contributed by atoms with van der Waals surface area (Å²) in [5, 5.41) is 12.1. The molecule has 3 heterocycles. The molecule has 2 saturated heterocycles. The van der Waals surface area contributed by atoms with Crippen LogP contribution in [-0.2, 0) is 16.1 Å². The number of hydrogen-bond acceptors (Lipinski definition) is 5. The van der Waals surface area contributed by atoms with Gasteiger partial charge in [0.15, 0.2) is 0 Å². The standard InChI is InChI=1S/C18H25N5O3/c1-12(2)16(13(3)19)10-22-8-14(7-20-22)23-17(24)11-21(18(23)25)9-15-5-4-6-26-15/h7-8,15,19H,4-6,9-11H2,1-3H3. The van der Waals surface area contributed by atoms with E-state index in [2.05, 4.69) is 5.10 Å². The van der Waals surface area contributed by atoms with E-state index in [1.165, 1.54) is 11.1 Å². The highest BCUT2D eigenvalue weighted by Gasteiger charge is 2.39. The fourth-order valence-electron chi connectivity index (χ4n) is 3.35. The third-order valence-corrected chi connectivity index (χ3v) is 4.74. The fourth-order valence-corrected chi connectivity index (χ4v) is 3.35. The van der Waals surface area contributed by atoms with E-state index >= 15 is 0 Å². The first kappa shape index (κ1) is 18.3. The van der Waals surface area contributed by atoms with Gasteiger partial charge in [-0.05, 0) is 39.2 Å². The van der Waals surface area contributed by atoms with Crippen molar-refractivity contribution in [3.8, 4) is 0 Å². The van der Waals surface area contributed by atoms with Crippen LogP contribution in [0.15, 0.2) is 23.5 Å². The Balaban J connectivity index is 1.72. The summed E-state index contributed by atoms with van der Waals surface area (Å²) >= 11 is 0.